The van der Waals surface area contributed by atoms with E-state index >= 15 is 0 Å². The van der Waals surface area contributed by atoms with Gasteiger partial charge in [-0.3, -0.25) is 0 Å². The molecule has 3 aromatic heterocycles. The van der Waals surface area contributed by atoms with Gasteiger partial charge in [0.1, 0.15) is 16.7 Å². The van der Waals surface area contributed by atoms with Gasteiger partial charge in [-0.05, 0) is 59.2 Å². The zero-order chi connectivity index (χ0) is 29.5. The molecule has 0 spiro atoms. The molecule has 0 bridgehead atoms. The van der Waals surface area contributed by atoms with Crippen molar-refractivity contribution in [2.75, 3.05) is 0 Å². The highest BCUT2D eigenvalue weighted by Crippen LogP contribution is 2.41. The van der Waals surface area contributed by atoms with Crippen molar-refractivity contribution in [1.82, 2.24) is 4.57 Å². The number of nitrogens with zero attached hydrogens (tertiary/aromatic N) is 1. The third-order valence-corrected chi connectivity index (χ3v) is 9.22. The van der Waals surface area contributed by atoms with Gasteiger partial charge in [0.15, 0.2) is 5.58 Å². The van der Waals surface area contributed by atoms with E-state index in [0.717, 1.165) is 82.9 Å². The predicted molar refractivity (Wildman–Crippen MR) is 186 cm³/mol. The molecule has 0 aliphatic carbocycles. The molecule has 0 saturated carbocycles. The van der Waals surface area contributed by atoms with Crippen LogP contribution < -0.4 is 0 Å². The average Bonchev–Trinajstić information content (AvgIpc) is 3.78. The Balaban J connectivity index is 1.13. The molecule has 0 atom stereocenters. The molecule has 0 aliphatic heterocycles. The molecule has 0 unspecified atom stereocenters. The van der Waals surface area contributed by atoms with Crippen molar-refractivity contribution in [2.45, 2.75) is 0 Å². The van der Waals surface area contributed by atoms with Crippen LogP contribution in [-0.4, -0.2) is 4.57 Å². The molecule has 45 heavy (non-hydrogen) atoms. The first-order valence-corrected chi connectivity index (χ1v) is 15.3. The quantitative estimate of drug-likeness (QED) is 0.210. The molecule has 3 heteroatoms. The number of furan rings is 2. The Morgan fingerprint density at radius 1 is 0.378 bits per heavy atom. The molecule has 0 fully saturated rings. The van der Waals surface area contributed by atoms with Gasteiger partial charge in [-0.25, -0.2) is 0 Å². The van der Waals surface area contributed by atoms with Crippen LogP contribution in [0.25, 0.3) is 93.6 Å². The summed E-state index contributed by atoms with van der Waals surface area (Å²) in [7, 11) is 0. The van der Waals surface area contributed by atoms with E-state index in [9.17, 15) is 0 Å². The van der Waals surface area contributed by atoms with E-state index in [-0.39, 0.29) is 0 Å². The second-order valence-corrected chi connectivity index (χ2v) is 11.7. The Kier molecular flexibility index (Phi) is 5.00. The van der Waals surface area contributed by atoms with Crippen molar-refractivity contribution < 1.29 is 8.83 Å². The highest BCUT2D eigenvalue weighted by Gasteiger charge is 2.19. The summed E-state index contributed by atoms with van der Waals surface area (Å²) in [4.78, 5) is 0. The molecule has 0 N–H and O–H groups in total. The minimum atomic E-state index is 0.897. The molecule has 10 aromatic rings. The molecule has 0 radical (unpaired) electrons. The van der Waals surface area contributed by atoms with Crippen LogP contribution in [0.4, 0.5) is 0 Å². The zero-order valence-electron chi connectivity index (χ0n) is 24.2. The van der Waals surface area contributed by atoms with Crippen molar-refractivity contribution in [3.63, 3.8) is 0 Å². The van der Waals surface area contributed by atoms with Crippen molar-refractivity contribution in [3.05, 3.63) is 152 Å². The summed E-state index contributed by atoms with van der Waals surface area (Å²) < 4.78 is 15.3. The minimum absolute atomic E-state index is 0.897. The van der Waals surface area contributed by atoms with E-state index in [1.165, 1.54) is 10.8 Å². The summed E-state index contributed by atoms with van der Waals surface area (Å²) in [5.41, 5.74) is 11.6. The molecule has 0 aliphatic rings. The van der Waals surface area contributed by atoms with Crippen LogP contribution in [-0.2, 0) is 0 Å². The van der Waals surface area contributed by atoms with E-state index in [0.29, 0.717) is 0 Å². The second-order valence-electron chi connectivity index (χ2n) is 11.7. The van der Waals surface area contributed by atoms with Crippen LogP contribution in [0, 0.1) is 0 Å². The smallest absolute Gasteiger partial charge is 0.160 e. The maximum Gasteiger partial charge on any atom is 0.160 e. The summed E-state index contributed by atoms with van der Waals surface area (Å²) in [6, 6.07) is 53.5. The van der Waals surface area contributed by atoms with Gasteiger partial charge in [0.05, 0.1) is 11.0 Å². The number of hydrogen-bond acceptors (Lipinski definition) is 2. The van der Waals surface area contributed by atoms with Crippen LogP contribution in [0.15, 0.2) is 160 Å². The average molecular weight is 576 g/mol. The molecule has 210 valence electrons. The standard InChI is InChI=1S/C42H25NO2/c1-2-9-27(10-3-1)30-13-8-14-34-36-25-28(19-24-39(36)44-41(30)34)26-17-20-29(21-18-26)43-37-15-6-4-11-31(37)33-22-23-35-32-12-5-7-16-38(32)45-42(35)40(33)43/h1-25H. The number of para-hydroxylation sites is 3. The van der Waals surface area contributed by atoms with E-state index < -0.39 is 0 Å². The maximum atomic E-state index is 6.53. The second kappa shape index (κ2) is 9.22. The Bertz CT molecular complexity index is 2740. The number of benzene rings is 7. The van der Waals surface area contributed by atoms with Gasteiger partial charge in [-0.2, -0.15) is 0 Å². The summed E-state index contributed by atoms with van der Waals surface area (Å²) in [5, 5.41) is 6.93. The summed E-state index contributed by atoms with van der Waals surface area (Å²) in [6.45, 7) is 0. The molecule has 7 aromatic carbocycles. The van der Waals surface area contributed by atoms with E-state index in [1.807, 2.05) is 18.2 Å². The first-order chi connectivity index (χ1) is 22.3. The van der Waals surface area contributed by atoms with E-state index in [4.69, 9.17) is 8.83 Å². The van der Waals surface area contributed by atoms with Crippen LogP contribution in [0.5, 0.6) is 0 Å². The minimum Gasteiger partial charge on any atom is -0.455 e. The number of rotatable bonds is 3. The van der Waals surface area contributed by atoms with Crippen LogP contribution >= 0.6 is 0 Å². The van der Waals surface area contributed by atoms with Gasteiger partial charge in [0.25, 0.3) is 0 Å². The SMILES string of the molecule is c1ccc(-c2cccc3c2oc2ccc(-c4ccc(-n5c6ccccc6c6ccc7c8ccccc8oc7c65)cc4)cc23)cc1. The van der Waals surface area contributed by atoms with Gasteiger partial charge in [0.2, 0.25) is 0 Å². The first-order valence-electron chi connectivity index (χ1n) is 15.3. The van der Waals surface area contributed by atoms with Gasteiger partial charge in [-0.1, -0.05) is 109 Å². The lowest BCUT2D eigenvalue weighted by Gasteiger charge is -2.10. The molecule has 3 heterocycles. The molecule has 0 saturated heterocycles. The molecular formula is C42H25NO2. The molecule has 3 nitrogen and oxygen atoms in total. The normalized spacial score (nSPS) is 12.0. The van der Waals surface area contributed by atoms with Gasteiger partial charge in [0, 0.05) is 43.6 Å². The van der Waals surface area contributed by atoms with Crippen LogP contribution in [0.3, 0.4) is 0 Å². The van der Waals surface area contributed by atoms with Gasteiger partial charge >= 0.3 is 0 Å². The Hall–Kier alpha value is -6.06. The van der Waals surface area contributed by atoms with Crippen LogP contribution in [0.2, 0.25) is 0 Å². The van der Waals surface area contributed by atoms with Gasteiger partial charge < -0.3 is 13.4 Å². The van der Waals surface area contributed by atoms with Crippen molar-refractivity contribution in [1.29, 1.82) is 0 Å². The zero-order valence-corrected chi connectivity index (χ0v) is 24.2. The lowest BCUT2D eigenvalue weighted by molar-refractivity contribution is 0.670. The fourth-order valence-corrected chi connectivity index (χ4v) is 7.13. The topological polar surface area (TPSA) is 31.2 Å². The van der Waals surface area contributed by atoms with Crippen LogP contribution in [0.1, 0.15) is 0 Å². The van der Waals surface area contributed by atoms with Crippen molar-refractivity contribution in [3.8, 4) is 27.9 Å². The highest BCUT2D eigenvalue weighted by atomic mass is 16.3. The van der Waals surface area contributed by atoms with Crippen molar-refractivity contribution >= 4 is 65.7 Å². The number of hydrogen-bond donors (Lipinski definition) is 0. The Labute approximate surface area is 258 Å². The maximum absolute atomic E-state index is 6.53. The fourth-order valence-electron chi connectivity index (χ4n) is 7.13. The molecule has 0 amide bonds. The summed E-state index contributed by atoms with van der Waals surface area (Å²) in [6.07, 6.45) is 0. The molecular weight excluding hydrogens is 550 g/mol. The Morgan fingerprint density at radius 2 is 1.04 bits per heavy atom. The predicted octanol–water partition coefficient (Wildman–Crippen LogP) is 11.9. The number of aromatic nitrogens is 1. The highest BCUT2D eigenvalue weighted by molar-refractivity contribution is 6.21. The molecule has 10 rings (SSSR count). The lowest BCUT2D eigenvalue weighted by Crippen LogP contribution is -1.94. The Morgan fingerprint density at radius 3 is 1.93 bits per heavy atom. The fraction of sp³-hybridized carbons (Fsp3) is 0. The summed E-state index contributed by atoms with van der Waals surface area (Å²) >= 11 is 0. The first kappa shape index (κ1) is 24.4. The van der Waals surface area contributed by atoms with Gasteiger partial charge in [-0.15, -0.1) is 0 Å². The summed E-state index contributed by atoms with van der Waals surface area (Å²) in [5.74, 6) is 0. The third kappa shape index (κ3) is 3.52. The third-order valence-electron chi connectivity index (χ3n) is 9.22. The van der Waals surface area contributed by atoms with E-state index in [2.05, 4.69) is 138 Å². The number of fused-ring (bicyclic) bond motifs is 10. The van der Waals surface area contributed by atoms with Crippen molar-refractivity contribution in [2.24, 2.45) is 0 Å². The van der Waals surface area contributed by atoms with E-state index in [1.54, 1.807) is 0 Å². The monoisotopic (exact) mass is 575 g/mol. The largest absolute Gasteiger partial charge is 0.455 e. The lowest BCUT2D eigenvalue weighted by atomic mass is 10.00.